The number of amides is 1. The molecule has 172 valence electrons. The highest BCUT2D eigenvalue weighted by atomic mass is 32.2. The van der Waals surface area contributed by atoms with E-state index in [-0.39, 0.29) is 17.4 Å². The van der Waals surface area contributed by atoms with E-state index in [0.717, 1.165) is 11.1 Å². The first kappa shape index (κ1) is 22.9. The Labute approximate surface area is 194 Å². The zero-order valence-corrected chi connectivity index (χ0v) is 19.3. The predicted octanol–water partition coefficient (Wildman–Crippen LogP) is 4.21. The highest BCUT2D eigenvalue weighted by molar-refractivity contribution is 7.92. The van der Waals surface area contributed by atoms with Crippen LogP contribution in [0.25, 0.3) is 11.1 Å². The van der Waals surface area contributed by atoms with Crippen LogP contribution in [0.1, 0.15) is 12.8 Å². The summed E-state index contributed by atoms with van der Waals surface area (Å²) in [4.78, 5) is 14.6. The SMILES string of the molecule is COc1ccc(S(=O)(=O)C2CCN(C(=O)COc3ccc(-c4ccccc4)cc3)CC2)cc1. The van der Waals surface area contributed by atoms with Crippen LogP contribution in [0.4, 0.5) is 0 Å². The molecule has 6 nitrogen and oxygen atoms in total. The van der Waals surface area contributed by atoms with Gasteiger partial charge in [-0.15, -0.1) is 0 Å². The maximum atomic E-state index is 12.9. The number of carbonyl (C=O) groups excluding carboxylic acids is 1. The summed E-state index contributed by atoms with van der Waals surface area (Å²) in [6.07, 6.45) is 0.817. The summed E-state index contributed by atoms with van der Waals surface area (Å²) >= 11 is 0. The first-order chi connectivity index (χ1) is 16.0. The Hall–Kier alpha value is -3.32. The van der Waals surface area contributed by atoms with Crippen LogP contribution < -0.4 is 9.47 Å². The second-order valence-electron chi connectivity index (χ2n) is 7.98. The van der Waals surface area contributed by atoms with E-state index in [9.17, 15) is 13.2 Å². The van der Waals surface area contributed by atoms with E-state index in [1.54, 1.807) is 36.3 Å². The number of ether oxygens (including phenoxy) is 2. The van der Waals surface area contributed by atoms with Crippen molar-refractivity contribution in [2.75, 3.05) is 26.8 Å². The molecular weight excluding hydrogens is 438 g/mol. The molecule has 0 saturated carbocycles. The third-order valence-electron chi connectivity index (χ3n) is 5.95. The van der Waals surface area contributed by atoms with Crippen molar-refractivity contribution in [1.29, 1.82) is 0 Å². The van der Waals surface area contributed by atoms with Gasteiger partial charge in [-0.05, 0) is 60.4 Å². The van der Waals surface area contributed by atoms with Crippen molar-refractivity contribution in [3.05, 3.63) is 78.9 Å². The summed E-state index contributed by atoms with van der Waals surface area (Å²) in [5, 5.41) is -0.499. The predicted molar refractivity (Wildman–Crippen MR) is 127 cm³/mol. The Morgan fingerprint density at radius 3 is 2.03 bits per heavy atom. The number of sulfone groups is 1. The van der Waals surface area contributed by atoms with E-state index in [2.05, 4.69) is 0 Å². The van der Waals surface area contributed by atoms with E-state index in [4.69, 9.17) is 9.47 Å². The molecule has 1 saturated heterocycles. The van der Waals surface area contributed by atoms with Crippen molar-refractivity contribution < 1.29 is 22.7 Å². The smallest absolute Gasteiger partial charge is 0.260 e. The fourth-order valence-electron chi connectivity index (χ4n) is 3.98. The number of nitrogens with zero attached hydrogens (tertiary/aromatic N) is 1. The van der Waals surface area contributed by atoms with Gasteiger partial charge in [0, 0.05) is 13.1 Å². The average Bonchev–Trinajstić information content (AvgIpc) is 2.88. The summed E-state index contributed by atoms with van der Waals surface area (Å²) in [5.74, 6) is 1.10. The minimum atomic E-state index is -3.44. The summed E-state index contributed by atoms with van der Waals surface area (Å²) in [6.45, 7) is 0.727. The minimum absolute atomic E-state index is 0.0689. The molecule has 1 heterocycles. The maximum absolute atomic E-state index is 12.9. The monoisotopic (exact) mass is 465 g/mol. The quantitative estimate of drug-likeness (QED) is 0.523. The molecule has 4 rings (SSSR count). The molecule has 0 unspecified atom stereocenters. The number of hydrogen-bond acceptors (Lipinski definition) is 5. The van der Waals surface area contributed by atoms with Gasteiger partial charge >= 0.3 is 0 Å². The van der Waals surface area contributed by atoms with Crippen LogP contribution in [0.2, 0.25) is 0 Å². The first-order valence-electron chi connectivity index (χ1n) is 10.9. The van der Waals surface area contributed by atoms with Crippen molar-refractivity contribution >= 4 is 15.7 Å². The van der Waals surface area contributed by atoms with E-state index in [1.165, 1.54) is 0 Å². The molecule has 0 atom stereocenters. The standard InChI is InChI=1S/C26H27NO5S/c1-31-22-11-13-24(14-12-22)33(29,30)25-15-17-27(18-16-25)26(28)19-32-23-9-7-21(8-10-23)20-5-3-2-4-6-20/h2-14,25H,15-19H2,1H3. The summed E-state index contributed by atoms with van der Waals surface area (Å²) < 4.78 is 36.6. The average molecular weight is 466 g/mol. The first-order valence-corrected chi connectivity index (χ1v) is 12.5. The summed E-state index contributed by atoms with van der Waals surface area (Å²) in [5.41, 5.74) is 2.20. The third-order valence-corrected chi connectivity index (χ3v) is 8.22. The zero-order valence-electron chi connectivity index (χ0n) is 18.5. The number of likely N-dealkylation sites (tertiary alicyclic amines) is 1. The van der Waals surface area contributed by atoms with E-state index in [1.807, 2.05) is 54.6 Å². The number of carbonyl (C=O) groups is 1. The molecule has 1 aliphatic rings. The van der Waals surface area contributed by atoms with Crippen molar-refractivity contribution in [3.63, 3.8) is 0 Å². The van der Waals surface area contributed by atoms with E-state index >= 15 is 0 Å². The van der Waals surface area contributed by atoms with E-state index in [0.29, 0.717) is 37.4 Å². The topological polar surface area (TPSA) is 72.9 Å². The lowest BCUT2D eigenvalue weighted by atomic mass is 10.1. The van der Waals surface area contributed by atoms with E-state index < -0.39 is 15.1 Å². The minimum Gasteiger partial charge on any atom is -0.497 e. The van der Waals surface area contributed by atoms with Gasteiger partial charge in [-0.2, -0.15) is 0 Å². The van der Waals surface area contributed by atoms with Gasteiger partial charge in [0.2, 0.25) is 0 Å². The molecule has 1 aliphatic heterocycles. The number of benzene rings is 3. The molecule has 0 bridgehead atoms. The second kappa shape index (κ2) is 10.1. The number of rotatable bonds is 7. The molecule has 0 aromatic heterocycles. The Kier molecular flexibility index (Phi) is 6.99. The zero-order chi connectivity index (χ0) is 23.3. The normalized spacial score (nSPS) is 14.6. The van der Waals surface area contributed by atoms with Crippen LogP contribution in [0.15, 0.2) is 83.8 Å². The lowest BCUT2D eigenvalue weighted by molar-refractivity contribution is -0.134. The number of piperidine rings is 1. The van der Waals surface area contributed by atoms with Crippen molar-refractivity contribution in [2.24, 2.45) is 0 Å². The largest absolute Gasteiger partial charge is 0.497 e. The fraction of sp³-hybridized carbons (Fsp3) is 0.269. The number of hydrogen-bond donors (Lipinski definition) is 0. The second-order valence-corrected chi connectivity index (χ2v) is 10.2. The van der Waals surface area contributed by atoms with Crippen molar-refractivity contribution in [3.8, 4) is 22.6 Å². The van der Waals surface area contributed by atoms with Crippen LogP contribution in [0.5, 0.6) is 11.5 Å². The summed E-state index contributed by atoms with van der Waals surface area (Å²) in [7, 11) is -1.90. The summed E-state index contributed by atoms with van der Waals surface area (Å²) in [6, 6.07) is 24.1. The van der Waals surface area contributed by atoms with Crippen LogP contribution >= 0.6 is 0 Å². The number of methoxy groups -OCH3 is 1. The van der Waals surface area contributed by atoms with Gasteiger partial charge < -0.3 is 14.4 Å². The van der Waals surface area contributed by atoms with Crippen LogP contribution in [0, 0.1) is 0 Å². The van der Waals surface area contributed by atoms with Gasteiger partial charge in [-0.3, -0.25) is 4.79 Å². The Morgan fingerprint density at radius 2 is 1.42 bits per heavy atom. The van der Waals surface area contributed by atoms with Gasteiger partial charge in [-0.1, -0.05) is 42.5 Å². The van der Waals surface area contributed by atoms with Gasteiger partial charge in [0.15, 0.2) is 16.4 Å². The highest BCUT2D eigenvalue weighted by Crippen LogP contribution is 2.26. The van der Waals surface area contributed by atoms with Crippen molar-refractivity contribution in [2.45, 2.75) is 23.0 Å². The molecule has 0 spiro atoms. The molecular formula is C26H27NO5S. The lowest BCUT2D eigenvalue weighted by Crippen LogP contribution is -2.44. The molecule has 3 aromatic rings. The Bertz CT molecular complexity index is 1170. The Morgan fingerprint density at radius 1 is 0.848 bits per heavy atom. The van der Waals surface area contributed by atoms with Crippen LogP contribution in [0.3, 0.4) is 0 Å². The van der Waals surface area contributed by atoms with Gasteiger partial charge in [0.05, 0.1) is 17.3 Å². The molecule has 33 heavy (non-hydrogen) atoms. The highest BCUT2D eigenvalue weighted by Gasteiger charge is 2.32. The maximum Gasteiger partial charge on any atom is 0.260 e. The van der Waals surface area contributed by atoms with Crippen LogP contribution in [-0.4, -0.2) is 51.3 Å². The molecule has 0 radical (unpaired) electrons. The van der Waals surface area contributed by atoms with Gasteiger partial charge in [0.1, 0.15) is 11.5 Å². The molecule has 3 aromatic carbocycles. The molecule has 7 heteroatoms. The lowest BCUT2D eigenvalue weighted by Gasteiger charge is -2.31. The molecule has 1 fully saturated rings. The molecule has 0 N–H and O–H groups in total. The Balaban J connectivity index is 1.28. The van der Waals surface area contributed by atoms with Crippen molar-refractivity contribution in [1.82, 2.24) is 4.90 Å². The molecule has 0 aliphatic carbocycles. The molecule has 1 amide bonds. The third kappa shape index (κ3) is 5.37. The van der Waals surface area contributed by atoms with Crippen LogP contribution in [-0.2, 0) is 14.6 Å². The van der Waals surface area contributed by atoms with Gasteiger partial charge in [0.25, 0.3) is 5.91 Å². The van der Waals surface area contributed by atoms with Gasteiger partial charge in [-0.25, -0.2) is 8.42 Å². The fourth-order valence-corrected chi connectivity index (χ4v) is 5.72.